The van der Waals surface area contributed by atoms with Crippen molar-refractivity contribution in [2.45, 2.75) is 45.1 Å². The molecule has 1 saturated heterocycles. The third kappa shape index (κ3) is 5.02. The molecular formula is C16H24N2O3. The lowest BCUT2D eigenvalue weighted by Gasteiger charge is -2.28. The highest BCUT2D eigenvalue weighted by Gasteiger charge is 2.20. The van der Waals surface area contributed by atoms with Crippen LogP contribution in [0.4, 0.5) is 4.79 Å². The normalized spacial score (nSPS) is 21.8. The van der Waals surface area contributed by atoms with Crippen molar-refractivity contribution in [3.05, 3.63) is 35.4 Å². The summed E-state index contributed by atoms with van der Waals surface area (Å²) in [5.41, 5.74) is 2.18. The second-order valence-corrected chi connectivity index (χ2v) is 5.43. The minimum absolute atomic E-state index is 0.124. The summed E-state index contributed by atoms with van der Waals surface area (Å²) in [5.74, 6) is 0. The fraction of sp³-hybridized carbons (Fsp3) is 0.562. The van der Waals surface area contributed by atoms with Crippen molar-refractivity contribution in [3.8, 4) is 0 Å². The summed E-state index contributed by atoms with van der Waals surface area (Å²) in [6.45, 7) is 3.80. The molecule has 21 heavy (non-hydrogen) atoms. The highest BCUT2D eigenvalue weighted by molar-refractivity contribution is 5.74. The number of ether oxygens (including phenoxy) is 2. The van der Waals surface area contributed by atoms with Gasteiger partial charge in [0.1, 0.15) is 0 Å². The SMILES string of the molecule is COCc1ccccc1CNC(=O)NC1CCOC(C)C1. The van der Waals surface area contributed by atoms with Gasteiger partial charge in [-0.2, -0.15) is 0 Å². The molecule has 116 valence electrons. The Kier molecular flexibility index (Phi) is 6.02. The van der Waals surface area contributed by atoms with E-state index in [0.717, 1.165) is 24.0 Å². The number of hydrogen-bond acceptors (Lipinski definition) is 3. The van der Waals surface area contributed by atoms with Crippen molar-refractivity contribution in [2.24, 2.45) is 0 Å². The maximum absolute atomic E-state index is 12.0. The van der Waals surface area contributed by atoms with Crippen LogP contribution in [0.2, 0.25) is 0 Å². The highest BCUT2D eigenvalue weighted by Crippen LogP contribution is 2.13. The number of amides is 2. The van der Waals surface area contributed by atoms with Crippen LogP contribution in [0.25, 0.3) is 0 Å². The number of methoxy groups -OCH3 is 1. The lowest BCUT2D eigenvalue weighted by molar-refractivity contribution is 0.0154. The van der Waals surface area contributed by atoms with E-state index in [4.69, 9.17) is 9.47 Å². The molecule has 1 aliphatic rings. The largest absolute Gasteiger partial charge is 0.380 e. The quantitative estimate of drug-likeness (QED) is 0.874. The van der Waals surface area contributed by atoms with Gasteiger partial charge in [0.25, 0.3) is 0 Å². The molecule has 0 bridgehead atoms. The standard InChI is InChI=1S/C16H24N2O3/c1-12-9-15(7-8-21-12)18-16(19)17-10-13-5-3-4-6-14(13)11-20-2/h3-6,12,15H,7-11H2,1-2H3,(H2,17,18,19). The van der Waals surface area contributed by atoms with Gasteiger partial charge in [0, 0.05) is 26.3 Å². The van der Waals surface area contributed by atoms with E-state index >= 15 is 0 Å². The van der Waals surface area contributed by atoms with E-state index in [9.17, 15) is 4.79 Å². The number of hydrogen-bond donors (Lipinski definition) is 2. The van der Waals surface area contributed by atoms with Crippen molar-refractivity contribution < 1.29 is 14.3 Å². The zero-order chi connectivity index (χ0) is 15.1. The first kappa shape index (κ1) is 15.8. The average Bonchev–Trinajstić information content (AvgIpc) is 2.47. The minimum Gasteiger partial charge on any atom is -0.380 e. The van der Waals surface area contributed by atoms with Crippen LogP contribution < -0.4 is 10.6 Å². The molecule has 2 atom stereocenters. The van der Waals surface area contributed by atoms with Gasteiger partial charge in [-0.25, -0.2) is 4.79 Å². The molecule has 1 fully saturated rings. The van der Waals surface area contributed by atoms with Gasteiger partial charge in [0.15, 0.2) is 0 Å². The third-order valence-corrected chi connectivity index (χ3v) is 3.68. The van der Waals surface area contributed by atoms with Crippen molar-refractivity contribution in [1.82, 2.24) is 10.6 Å². The molecule has 0 aromatic heterocycles. The molecule has 0 aliphatic carbocycles. The molecule has 5 nitrogen and oxygen atoms in total. The minimum atomic E-state index is -0.124. The Morgan fingerprint density at radius 3 is 2.86 bits per heavy atom. The number of urea groups is 1. The maximum Gasteiger partial charge on any atom is 0.315 e. The molecule has 0 spiro atoms. The van der Waals surface area contributed by atoms with Crippen LogP contribution >= 0.6 is 0 Å². The van der Waals surface area contributed by atoms with E-state index in [1.807, 2.05) is 31.2 Å². The number of rotatable bonds is 5. The summed E-state index contributed by atoms with van der Waals surface area (Å²) < 4.78 is 10.6. The summed E-state index contributed by atoms with van der Waals surface area (Å²) in [5, 5.41) is 5.92. The Morgan fingerprint density at radius 2 is 2.14 bits per heavy atom. The molecule has 2 rings (SSSR count). The molecule has 0 saturated carbocycles. The fourth-order valence-electron chi connectivity index (χ4n) is 2.57. The zero-order valence-corrected chi connectivity index (χ0v) is 12.7. The number of benzene rings is 1. The van der Waals surface area contributed by atoms with Gasteiger partial charge in [0.05, 0.1) is 12.7 Å². The first-order valence-corrected chi connectivity index (χ1v) is 7.40. The number of carbonyl (C=O) groups is 1. The molecule has 0 radical (unpaired) electrons. The van der Waals surface area contributed by atoms with Gasteiger partial charge in [0.2, 0.25) is 0 Å². The van der Waals surface area contributed by atoms with Crippen molar-refractivity contribution in [1.29, 1.82) is 0 Å². The monoisotopic (exact) mass is 292 g/mol. The van der Waals surface area contributed by atoms with Gasteiger partial charge in [-0.15, -0.1) is 0 Å². The predicted molar refractivity (Wildman–Crippen MR) is 81.0 cm³/mol. The van der Waals surface area contributed by atoms with Crippen LogP contribution in [0.3, 0.4) is 0 Å². The Hall–Kier alpha value is -1.59. The lowest BCUT2D eigenvalue weighted by Crippen LogP contribution is -2.45. The number of carbonyl (C=O) groups excluding carboxylic acids is 1. The molecule has 1 aromatic carbocycles. The summed E-state index contributed by atoms with van der Waals surface area (Å²) >= 11 is 0. The van der Waals surface area contributed by atoms with Crippen LogP contribution in [-0.2, 0) is 22.6 Å². The topological polar surface area (TPSA) is 59.6 Å². The van der Waals surface area contributed by atoms with Gasteiger partial charge >= 0.3 is 6.03 Å². The Balaban J connectivity index is 1.81. The molecule has 5 heteroatoms. The molecule has 1 aliphatic heterocycles. The zero-order valence-electron chi connectivity index (χ0n) is 12.7. The van der Waals surface area contributed by atoms with E-state index in [-0.39, 0.29) is 18.2 Å². The first-order chi connectivity index (χ1) is 10.2. The summed E-state index contributed by atoms with van der Waals surface area (Å²) in [4.78, 5) is 12.0. The molecule has 2 unspecified atom stereocenters. The van der Waals surface area contributed by atoms with Crippen LogP contribution in [0.15, 0.2) is 24.3 Å². The van der Waals surface area contributed by atoms with Crippen molar-refractivity contribution in [2.75, 3.05) is 13.7 Å². The average molecular weight is 292 g/mol. The second-order valence-electron chi connectivity index (χ2n) is 5.43. The van der Waals surface area contributed by atoms with Crippen LogP contribution in [0.1, 0.15) is 30.9 Å². The third-order valence-electron chi connectivity index (χ3n) is 3.68. The molecule has 1 aromatic rings. The molecule has 2 N–H and O–H groups in total. The van der Waals surface area contributed by atoms with Gasteiger partial charge in [-0.3, -0.25) is 0 Å². The highest BCUT2D eigenvalue weighted by atomic mass is 16.5. The van der Waals surface area contributed by atoms with E-state index in [1.54, 1.807) is 7.11 Å². The fourth-order valence-corrected chi connectivity index (χ4v) is 2.57. The van der Waals surface area contributed by atoms with Gasteiger partial charge in [-0.05, 0) is 30.9 Å². The van der Waals surface area contributed by atoms with Crippen LogP contribution in [0, 0.1) is 0 Å². The molecular weight excluding hydrogens is 268 g/mol. The Bertz CT molecular complexity index is 465. The van der Waals surface area contributed by atoms with E-state index in [2.05, 4.69) is 10.6 Å². The van der Waals surface area contributed by atoms with Gasteiger partial charge < -0.3 is 20.1 Å². The molecule has 2 amide bonds. The van der Waals surface area contributed by atoms with Crippen molar-refractivity contribution >= 4 is 6.03 Å². The summed E-state index contributed by atoms with van der Waals surface area (Å²) in [6.07, 6.45) is 1.96. The van der Waals surface area contributed by atoms with E-state index in [0.29, 0.717) is 19.8 Å². The van der Waals surface area contributed by atoms with Gasteiger partial charge in [-0.1, -0.05) is 24.3 Å². The Labute approximate surface area is 126 Å². The van der Waals surface area contributed by atoms with Crippen molar-refractivity contribution in [3.63, 3.8) is 0 Å². The first-order valence-electron chi connectivity index (χ1n) is 7.40. The molecule has 1 heterocycles. The van der Waals surface area contributed by atoms with Crippen LogP contribution in [-0.4, -0.2) is 31.9 Å². The number of nitrogens with one attached hydrogen (secondary N) is 2. The second kappa shape index (κ2) is 8.00. The Morgan fingerprint density at radius 1 is 1.38 bits per heavy atom. The van der Waals surface area contributed by atoms with Crippen LogP contribution in [0.5, 0.6) is 0 Å². The lowest BCUT2D eigenvalue weighted by atomic mass is 10.0. The van der Waals surface area contributed by atoms with E-state index < -0.39 is 0 Å². The smallest absolute Gasteiger partial charge is 0.315 e. The summed E-state index contributed by atoms with van der Waals surface area (Å²) in [6, 6.07) is 8.03. The maximum atomic E-state index is 12.0. The summed E-state index contributed by atoms with van der Waals surface area (Å²) in [7, 11) is 1.67. The predicted octanol–water partition coefficient (Wildman–Crippen LogP) is 2.20. The van der Waals surface area contributed by atoms with E-state index in [1.165, 1.54) is 0 Å².